The van der Waals surface area contributed by atoms with Crippen LogP contribution in [0.3, 0.4) is 0 Å². The highest BCUT2D eigenvalue weighted by atomic mass is 32.1. The van der Waals surface area contributed by atoms with Crippen LogP contribution in [0.2, 0.25) is 0 Å². The molecule has 0 radical (unpaired) electrons. The van der Waals surface area contributed by atoms with Crippen molar-refractivity contribution in [2.24, 2.45) is 0 Å². The number of furan rings is 1. The summed E-state index contributed by atoms with van der Waals surface area (Å²) in [5.41, 5.74) is 14.3. The molecular formula is C58H37NOS. The summed E-state index contributed by atoms with van der Waals surface area (Å²) in [7, 11) is 0. The van der Waals surface area contributed by atoms with Gasteiger partial charge in [0, 0.05) is 47.9 Å². The van der Waals surface area contributed by atoms with Gasteiger partial charge in [0.25, 0.3) is 0 Å². The minimum atomic E-state index is 0.853. The van der Waals surface area contributed by atoms with E-state index in [0.717, 1.165) is 50.1 Å². The third kappa shape index (κ3) is 6.01. The number of anilines is 3. The molecule has 12 aromatic rings. The van der Waals surface area contributed by atoms with E-state index in [-0.39, 0.29) is 0 Å². The van der Waals surface area contributed by atoms with E-state index in [0.29, 0.717) is 0 Å². The van der Waals surface area contributed by atoms with Gasteiger partial charge in [-0.25, -0.2) is 0 Å². The maximum absolute atomic E-state index is 7.00. The van der Waals surface area contributed by atoms with Crippen LogP contribution in [0.1, 0.15) is 0 Å². The van der Waals surface area contributed by atoms with E-state index in [9.17, 15) is 0 Å². The molecule has 2 heterocycles. The van der Waals surface area contributed by atoms with Crippen molar-refractivity contribution in [3.63, 3.8) is 0 Å². The quantitative estimate of drug-likeness (QED) is 0.160. The Bertz CT molecular complexity index is 3570. The van der Waals surface area contributed by atoms with Gasteiger partial charge in [-0.2, -0.15) is 0 Å². The van der Waals surface area contributed by atoms with E-state index in [1.165, 1.54) is 64.3 Å². The van der Waals surface area contributed by atoms with Gasteiger partial charge in [0.2, 0.25) is 0 Å². The molecule has 0 aliphatic carbocycles. The lowest BCUT2D eigenvalue weighted by molar-refractivity contribution is 0.670. The summed E-state index contributed by atoms with van der Waals surface area (Å²) in [6, 6.07) is 81.0. The average molecular weight is 796 g/mol. The van der Waals surface area contributed by atoms with Crippen molar-refractivity contribution in [1.29, 1.82) is 0 Å². The highest BCUT2D eigenvalue weighted by molar-refractivity contribution is 7.25. The van der Waals surface area contributed by atoms with Crippen LogP contribution in [-0.2, 0) is 0 Å². The largest absolute Gasteiger partial charge is 0.453 e. The lowest BCUT2D eigenvalue weighted by Crippen LogP contribution is -2.10. The predicted octanol–water partition coefficient (Wildman–Crippen LogP) is 17.2. The average Bonchev–Trinajstić information content (AvgIpc) is 3.91. The lowest BCUT2D eigenvalue weighted by Gasteiger charge is -2.26. The van der Waals surface area contributed by atoms with Crippen LogP contribution >= 0.6 is 11.3 Å². The summed E-state index contributed by atoms with van der Waals surface area (Å²) < 4.78 is 9.63. The van der Waals surface area contributed by atoms with Crippen molar-refractivity contribution in [1.82, 2.24) is 0 Å². The first-order valence-corrected chi connectivity index (χ1v) is 21.6. The molecule has 0 aliphatic rings. The molecule has 61 heavy (non-hydrogen) atoms. The van der Waals surface area contributed by atoms with Crippen molar-refractivity contribution in [3.8, 4) is 44.5 Å². The molecule has 2 nitrogen and oxygen atoms in total. The fourth-order valence-corrected chi connectivity index (χ4v) is 10.3. The number of hydrogen-bond donors (Lipinski definition) is 0. The zero-order valence-corrected chi connectivity index (χ0v) is 33.9. The van der Waals surface area contributed by atoms with Gasteiger partial charge in [-0.1, -0.05) is 176 Å². The Labute approximate surface area is 357 Å². The number of rotatable bonds is 7. The second-order valence-corrected chi connectivity index (χ2v) is 16.7. The Kier molecular flexibility index (Phi) is 8.39. The first-order chi connectivity index (χ1) is 30.2. The summed E-state index contributed by atoms with van der Waals surface area (Å²) in [4.78, 5) is 2.34. The van der Waals surface area contributed by atoms with Gasteiger partial charge < -0.3 is 9.32 Å². The van der Waals surface area contributed by atoms with E-state index in [4.69, 9.17) is 4.42 Å². The van der Waals surface area contributed by atoms with Gasteiger partial charge in [-0.3, -0.25) is 0 Å². The van der Waals surface area contributed by atoms with E-state index in [2.05, 4.69) is 229 Å². The molecule has 0 spiro atoms. The summed E-state index contributed by atoms with van der Waals surface area (Å²) in [5, 5.41) is 7.28. The van der Waals surface area contributed by atoms with Gasteiger partial charge in [0.15, 0.2) is 5.58 Å². The Balaban J connectivity index is 0.997. The second kappa shape index (κ2) is 14.5. The number of nitrogens with zero attached hydrogens (tertiary/aromatic N) is 1. The van der Waals surface area contributed by atoms with E-state index >= 15 is 0 Å². The van der Waals surface area contributed by atoms with Gasteiger partial charge in [0.1, 0.15) is 5.58 Å². The summed E-state index contributed by atoms with van der Waals surface area (Å²) >= 11 is 1.85. The smallest absolute Gasteiger partial charge is 0.159 e. The highest BCUT2D eigenvalue weighted by Gasteiger charge is 2.21. The Morgan fingerprint density at radius 3 is 1.46 bits per heavy atom. The van der Waals surface area contributed by atoms with Crippen molar-refractivity contribution >= 4 is 81.3 Å². The number of para-hydroxylation sites is 2. The zero-order chi connectivity index (χ0) is 40.3. The minimum absolute atomic E-state index is 0.853. The third-order valence-corrected chi connectivity index (χ3v) is 13.3. The molecule has 2 aromatic heterocycles. The molecule has 0 aliphatic heterocycles. The minimum Gasteiger partial charge on any atom is -0.453 e. The van der Waals surface area contributed by atoms with Crippen LogP contribution in [0.4, 0.5) is 17.1 Å². The Morgan fingerprint density at radius 2 is 0.787 bits per heavy atom. The van der Waals surface area contributed by atoms with Crippen LogP contribution in [0.25, 0.3) is 97.4 Å². The molecule has 0 atom stereocenters. The zero-order valence-electron chi connectivity index (χ0n) is 33.1. The van der Waals surface area contributed by atoms with Gasteiger partial charge in [-0.05, 0) is 98.2 Å². The molecule has 0 fully saturated rings. The van der Waals surface area contributed by atoms with Gasteiger partial charge >= 0.3 is 0 Å². The summed E-state index contributed by atoms with van der Waals surface area (Å²) in [5.74, 6) is 0. The van der Waals surface area contributed by atoms with Crippen molar-refractivity contribution < 1.29 is 4.42 Å². The highest BCUT2D eigenvalue weighted by Crippen LogP contribution is 2.45. The van der Waals surface area contributed by atoms with Crippen molar-refractivity contribution in [2.75, 3.05) is 4.90 Å². The number of fused-ring (bicyclic) bond motifs is 7. The van der Waals surface area contributed by atoms with Crippen LogP contribution in [0.15, 0.2) is 229 Å². The van der Waals surface area contributed by atoms with Crippen LogP contribution in [0, 0.1) is 0 Å². The predicted molar refractivity (Wildman–Crippen MR) is 261 cm³/mol. The number of hydrogen-bond acceptors (Lipinski definition) is 3. The lowest BCUT2D eigenvalue weighted by atomic mass is 9.92. The third-order valence-electron chi connectivity index (χ3n) is 12.1. The van der Waals surface area contributed by atoms with E-state index in [1.54, 1.807) is 0 Å². The second-order valence-electron chi connectivity index (χ2n) is 15.6. The van der Waals surface area contributed by atoms with Crippen molar-refractivity contribution in [3.05, 3.63) is 224 Å². The topological polar surface area (TPSA) is 16.4 Å². The molecule has 3 heteroatoms. The molecule has 10 aromatic carbocycles. The fourth-order valence-electron chi connectivity index (χ4n) is 9.17. The van der Waals surface area contributed by atoms with E-state index in [1.807, 2.05) is 11.3 Å². The first-order valence-electron chi connectivity index (χ1n) is 20.7. The maximum Gasteiger partial charge on any atom is 0.159 e. The first kappa shape index (κ1) is 35.2. The summed E-state index contributed by atoms with van der Waals surface area (Å²) in [6.45, 7) is 0. The molecular weight excluding hydrogens is 759 g/mol. The molecule has 0 N–H and O–H groups in total. The Morgan fingerprint density at radius 1 is 0.295 bits per heavy atom. The molecule has 286 valence electrons. The van der Waals surface area contributed by atoms with Gasteiger partial charge in [-0.15, -0.1) is 11.3 Å². The summed E-state index contributed by atoms with van der Waals surface area (Å²) in [6.07, 6.45) is 0. The SMILES string of the molecule is c1ccc(-c2ccc(-c3ccc(N(c4ccc(-c5ccc6sc7ccccc7c6c5)cc4)c4cccc5c4oc4c(-c6ccccc6)cccc45)cc3)c3ccccc23)cc1. The van der Waals surface area contributed by atoms with Gasteiger partial charge in [0.05, 0.1) is 5.69 Å². The monoisotopic (exact) mass is 795 g/mol. The standard InChI is InChI=1S/C58H37NOS/c1-3-13-39(14-4-1)45-34-35-46(49-18-8-7-17-48(45)49)41-27-32-44(33-28-41)59(43-30-25-38(26-31-43)42-29-36-56-53(37-42)50-19-9-10-24-55(50)61-56)54-23-12-22-52-51-21-11-20-47(57(51)60-58(52)54)40-15-5-2-6-16-40/h1-37H. The molecule has 0 saturated carbocycles. The molecule has 0 saturated heterocycles. The van der Waals surface area contributed by atoms with Crippen LogP contribution in [-0.4, -0.2) is 0 Å². The van der Waals surface area contributed by atoms with Crippen LogP contribution in [0.5, 0.6) is 0 Å². The molecule has 0 bridgehead atoms. The number of benzene rings is 10. The molecule has 0 unspecified atom stereocenters. The maximum atomic E-state index is 7.00. The molecule has 12 rings (SSSR count). The molecule has 0 amide bonds. The van der Waals surface area contributed by atoms with E-state index < -0.39 is 0 Å². The Hall–Kier alpha value is -7.72. The normalized spacial score (nSPS) is 11.6. The number of thiophene rings is 1. The van der Waals surface area contributed by atoms with Crippen LogP contribution < -0.4 is 4.90 Å². The fraction of sp³-hybridized carbons (Fsp3) is 0. The van der Waals surface area contributed by atoms with Crippen molar-refractivity contribution in [2.45, 2.75) is 0 Å².